The number of hydrogen-bond donors (Lipinski definition) is 0. The van der Waals surface area contributed by atoms with Gasteiger partial charge in [-0.3, -0.25) is 4.79 Å². The number of carbonyl (C=O) groups excluding carboxylic acids is 1. The van der Waals surface area contributed by atoms with Crippen LogP contribution in [-0.4, -0.2) is 31.1 Å². The zero-order valence-corrected chi connectivity index (χ0v) is 15.3. The quantitative estimate of drug-likeness (QED) is 0.816. The van der Waals surface area contributed by atoms with Gasteiger partial charge in [0.05, 0.1) is 13.7 Å². The Hall–Kier alpha value is -2.56. The van der Waals surface area contributed by atoms with Gasteiger partial charge in [0.1, 0.15) is 17.3 Å². The Morgan fingerprint density at radius 2 is 2.22 bits per heavy atom. The zero-order valence-electron chi connectivity index (χ0n) is 15.3. The highest BCUT2D eigenvalue weighted by atomic mass is 19.1. The number of ether oxygens (including phenoxy) is 2. The minimum absolute atomic E-state index is 0.0749. The van der Waals surface area contributed by atoms with E-state index in [0.29, 0.717) is 19.7 Å². The van der Waals surface area contributed by atoms with E-state index in [4.69, 9.17) is 9.47 Å². The van der Waals surface area contributed by atoms with Crippen LogP contribution in [0.2, 0.25) is 0 Å². The van der Waals surface area contributed by atoms with Crippen molar-refractivity contribution in [1.82, 2.24) is 4.90 Å². The number of carbonyl (C=O) groups is 1. The van der Waals surface area contributed by atoms with E-state index in [1.165, 1.54) is 11.6 Å². The Kier molecular flexibility index (Phi) is 3.67. The molecule has 0 radical (unpaired) electrons. The van der Waals surface area contributed by atoms with Crippen molar-refractivity contribution in [2.75, 3.05) is 20.3 Å². The molecule has 140 valence electrons. The van der Waals surface area contributed by atoms with Gasteiger partial charge in [0.25, 0.3) is 0 Å². The Bertz CT molecular complexity index is 928. The van der Waals surface area contributed by atoms with Gasteiger partial charge in [-0.2, -0.15) is 0 Å². The Labute approximate surface area is 157 Å². The fourth-order valence-electron chi connectivity index (χ4n) is 4.87. The van der Waals surface area contributed by atoms with Crippen LogP contribution in [0.25, 0.3) is 0 Å². The molecule has 5 heteroatoms. The van der Waals surface area contributed by atoms with Crippen LogP contribution in [-0.2, 0) is 23.2 Å². The minimum Gasteiger partial charge on any atom is -0.496 e. The minimum atomic E-state index is -0.268. The molecular weight excluding hydrogens is 345 g/mol. The molecule has 1 amide bonds. The van der Waals surface area contributed by atoms with Crippen LogP contribution in [0.1, 0.15) is 29.5 Å². The SMILES string of the molecule is COc1cccc2c1CCN(C(=O)[C@H]1C[C@@]13CCOc1ccc(F)cc13)C2. The summed E-state index contributed by atoms with van der Waals surface area (Å²) in [5.41, 5.74) is 2.97. The molecule has 1 spiro atoms. The second-order valence-corrected chi connectivity index (χ2v) is 7.76. The lowest BCUT2D eigenvalue weighted by molar-refractivity contribution is -0.134. The third kappa shape index (κ3) is 2.52. The van der Waals surface area contributed by atoms with Crippen molar-refractivity contribution in [3.8, 4) is 11.5 Å². The van der Waals surface area contributed by atoms with Gasteiger partial charge in [-0.25, -0.2) is 4.39 Å². The topological polar surface area (TPSA) is 38.8 Å². The second-order valence-electron chi connectivity index (χ2n) is 7.76. The first-order valence-electron chi connectivity index (χ1n) is 9.49. The standard InChI is InChI=1S/C22H22FNO3/c1-26-19-4-2-3-14-13-24(9-7-16(14)19)21(25)18-12-22(18)8-10-27-20-6-5-15(23)11-17(20)22/h2-6,11,18H,7-10,12-13H2,1H3/t18-,22-/m1/s1. The number of nitrogens with zero attached hydrogens (tertiary/aromatic N) is 1. The molecule has 1 saturated carbocycles. The third-order valence-electron chi connectivity index (χ3n) is 6.41. The fraction of sp³-hybridized carbons (Fsp3) is 0.409. The highest BCUT2D eigenvalue weighted by Crippen LogP contribution is 2.61. The van der Waals surface area contributed by atoms with E-state index in [2.05, 4.69) is 6.07 Å². The zero-order chi connectivity index (χ0) is 18.6. The van der Waals surface area contributed by atoms with Crippen LogP contribution in [0.4, 0.5) is 4.39 Å². The molecule has 0 bridgehead atoms. The Morgan fingerprint density at radius 1 is 1.33 bits per heavy atom. The van der Waals surface area contributed by atoms with E-state index in [0.717, 1.165) is 41.9 Å². The van der Waals surface area contributed by atoms with Crippen molar-refractivity contribution in [2.45, 2.75) is 31.2 Å². The van der Waals surface area contributed by atoms with Crippen LogP contribution in [0.3, 0.4) is 0 Å². The van der Waals surface area contributed by atoms with Crippen LogP contribution in [0, 0.1) is 11.7 Å². The highest BCUT2D eigenvalue weighted by molar-refractivity contribution is 5.85. The van der Waals surface area contributed by atoms with E-state index in [9.17, 15) is 9.18 Å². The summed E-state index contributed by atoms with van der Waals surface area (Å²) in [5, 5.41) is 0. The summed E-state index contributed by atoms with van der Waals surface area (Å²) in [5.74, 6) is 1.47. The molecule has 27 heavy (non-hydrogen) atoms. The van der Waals surface area contributed by atoms with Gasteiger partial charge in [0, 0.05) is 35.5 Å². The maximum atomic E-state index is 13.8. The molecule has 3 aliphatic rings. The first-order chi connectivity index (χ1) is 13.1. The van der Waals surface area contributed by atoms with E-state index in [1.54, 1.807) is 19.2 Å². The average molecular weight is 367 g/mol. The number of fused-ring (bicyclic) bond motifs is 3. The maximum Gasteiger partial charge on any atom is 0.226 e. The first-order valence-corrected chi connectivity index (χ1v) is 9.49. The molecule has 2 aromatic rings. The molecule has 2 heterocycles. The number of halogens is 1. The van der Waals surface area contributed by atoms with Crippen molar-refractivity contribution in [1.29, 1.82) is 0 Å². The lowest BCUT2D eigenvalue weighted by atomic mass is 9.87. The predicted octanol–water partition coefficient (Wildman–Crippen LogP) is 3.46. The first kappa shape index (κ1) is 16.6. The monoisotopic (exact) mass is 367 g/mol. The number of methoxy groups -OCH3 is 1. The van der Waals surface area contributed by atoms with E-state index >= 15 is 0 Å². The number of rotatable bonds is 2. The third-order valence-corrected chi connectivity index (χ3v) is 6.41. The Balaban J connectivity index is 1.39. The summed E-state index contributed by atoms with van der Waals surface area (Å²) in [4.78, 5) is 15.2. The fourth-order valence-corrected chi connectivity index (χ4v) is 4.87. The van der Waals surface area contributed by atoms with Crippen LogP contribution in [0.5, 0.6) is 11.5 Å². The Morgan fingerprint density at radius 3 is 3.07 bits per heavy atom. The summed E-state index contributed by atoms with van der Waals surface area (Å²) < 4.78 is 25.0. The van der Waals surface area contributed by atoms with E-state index < -0.39 is 0 Å². The maximum absolute atomic E-state index is 13.8. The van der Waals surface area contributed by atoms with Gasteiger partial charge < -0.3 is 14.4 Å². The number of benzene rings is 2. The van der Waals surface area contributed by atoms with Gasteiger partial charge in [-0.1, -0.05) is 12.1 Å². The summed E-state index contributed by atoms with van der Waals surface area (Å²) in [6, 6.07) is 10.7. The van der Waals surface area contributed by atoms with Crippen molar-refractivity contribution >= 4 is 5.91 Å². The number of hydrogen-bond acceptors (Lipinski definition) is 3. The molecule has 5 rings (SSSR count). The molecule has 2 atom stereocenters. The molecular formula is C22H22FNO3. The summed E-state index contributed by atoms with van der Waals surface area (Å²) >= 11 is 0. The van der Waals surface area contributed by atoms with Gasteiger partial charge in [0.15, 0.2) is 0 Å². The van der Waals surface area contributed by atoms with Gasteiger partial charge >= 0.3 is 0 Å². The molecule has 0 N–H and O–H groups in total. The highest BCUT2D eigenvalue weighted by Gasteiger charge is 2.62. The normalized spacial score (nSPS) is 25.4. The van der Waals surface area contributed by atoms with Crippen molar-refractivity contribution in [3.05, 3.63) is 58.9 Å². The second kappa shape index (κ2) is 5.98. The lowest BCUT2D eigenvalue weighted by Crippen LogP contribution is -2.39. The molecule has 0 saturated heterocycles. The molecule has 0 unspecified atom stereocenters. The smallest absolute Gasteiger partial charge is 0.226 e. The van der Waals surface area contributed by atoms with Gasteiger partial charge in [-0.15, -0.1) is 0 Å². The van der Waals surface area contributed by atoms with E-state index in [-0.39, 0.29) is 23.1 Å². The molecule has 4 nitrogen and oxygen atoms in total. The molecule has 2 aliphatic heterocycles. The van der Waals surface area contributed by atoms with Crippen LogP contribution in [0.15, 0.2) is 36.4 Å². The van der Waals surface area contributed by atoms with Crippen molar-refractivity contribution in [2.24, 2.45) is 5.92 Å². The van der Waals surface area contributed by atoms with Gasteiger partial charge in [0.2, 0.25) is 5.91 Å². The van der Waals surface area contributed by atoms with Crippen molar-refractivity contribution in [3.63, 3.8) is 0 Å². The molecule has 0 aromatic heterocycles. The number of amides is 1. The van der Waals surface area contributed by atoms with Gasteiger partial charge in [-0.05, 0) is 49.1 Å². The molecule has 2 aromatic carbocycles. The molecule has 1 aliphatic carbocycles. The summed E-state index contributed by atoms with van der Waals surface area (Å²) in [7, 11) is 1.68. The lowest BCUT2D eigenvalue weighted by Gasteiger charge is -2.32. The van der Waals surface area contributed by atoms with Crippen LogP contribution < -0.4 is 9.47 Å². The summed E-state index contributed by atoms with van der Waals surface area (Å²) in [6.45, 7) is 1.90. The van der Waals surface area contributed by atoms with E-state index in [1.807, 2.05) is 17.0 Å². The van der Waals surface area contributed by atoms with Crippen molar-refractivity contribution < 1.29 is 18.7 Å². The largest absolute Gasteiger partial charge is 0.496 e. The predicted molar refractivity (Wildman–Crippen MR) is 98.4 cm³/mol. The average Bonchev–Trinajstić information content (AvgIpc) is 3.41. The van der Waals surface area contributed by atoms with Crippen LogP contribution >= 0.6 is 0 Å². The molecule has 1 fully saturated rings. The summed E-state index contributed by atoms with van der Waals surface area (Å²) in [6.07, 6.45) is 2.37.